The van der Waals surface area contributed by atoms with E-state index in [1.54, 1.807) is 0 Å². The Kier molecular flexibility index (Phi) is 5.91. The third kappa shape index (κ3) is 5.45. The largest absolute Gasteiger partial charge is 0.444 e. The molecule has 4 nitrogen and oxygen atoms in total. The van der Waals surface area contributed by atoms with Crippen LogP contribution in [0.2, 0.25) is 0 Å². The molecule has 0 aliphatic heterocycles. The van der Waals surface area contributed by atoms with E-state index >= 15 is 0 Å². The SMILES string of the molecule is CCN(c1ccccc1)C1CCC(NC(=O)OC(C)(C)C)CC1. The molecule has 0 saturated heterocycles. The summed E-state index contributed by atoms with van der Waals surface area (Å²) in [5.41, 5.74) is 0.853. The highest BCUT2D eigenvalue weighted by Crippen LogP contribution is 2.27. The summed E-state index contributed by atoms with van der Waals surface area (Å²) in [6, 6.07) is 11.4. The summed E-state index contributed by atoms with van der Waals surface area (Å²) < 4.78 is 5.34. The van der Waals surface area contributed by atoms with Crippen LogP contribution in [0.5, 0.6) is 0 Å². The van der Waals surface area contributed by atoms with Crippen LogP contribution in [-0.4, -0.2) is 30.3 Å². The lowest BCUT2D eigenvalue weighted by Crippen LogP contribution is -2.45. The number of anilines is 1. The molecule has 2 rings (SSSR count). The third-order valence-corrected chi connectivity index (χ3v) is 4.29. The van der Waals surface area contributed by atoms with Gasteiger partial charge in [0.05, 0.1) is 0 Å². The molecule has 0 heterocycles. The molecule has 1 fully saturated rings. The Morgan fingerprint density at radius 2 is 1.78 bits per heavy atom. The maximum Gasteiger partial charge on any atom is 0.407 e. The zero-order valence-electron chi connectivity index (χ0n) is 14.8. The number of hydrogen-bond donors (Lipinski definition) is 1. The van der Waals surface area contributed by atoms with Crippen molar-refractivity contribution in [1.29, 1.82) is 0 Å². The van der Waals surface area contributed by atoms with Gasteiger partial charge in [-0.3, -0.25) is 0 Å². The Morgan fingerprint density at radius 1 is 1.17 bits per heavy atom. The van der Waals surface area contributed by atoms with Crippen molar-refractivity contribution in [3.63, 3.8) is 0 Å². The topological polar surface area (TPSA) is 41.6 Å². The van der Waals surface area contributed by atoms with Crippen molar-refractivity contribution < 1.29 is 9.53 Å². The number of nitrogens with zero attached hydrogens (tertiary/aromatic N) is 1. The molecule has 1 aliphatic rings. The molecule has 1 aromatic rings. The maximum atomic E-state index is 11.9. The molecule has 0 spiro atoms. The minimum Gasteiger partial charge on any atom is -0.444 e. The molecule has 1 amide bonds. The molecular weight excluding hydrogens is 288 g/mol. The Balaban J connectivity index is 1.84. The summed E-state index contributed by atoms with van der Waals surface area (Å²) in [5, 5.41) is 3.01. The maximum absolute atomic E-state index is 11.9. The fraction of sp³-hybridized carbons (Fsp3) is 0.632. The monoisotopic (exact) mass is 318 g/mol. The molecule has 128 valence electrons. The van der Waals surface area contributed by atoms with E-state index in [1.165, 1.54) is 5.69 Å². The van der Waals surface area contributed by atoms with E-state index in [9.17, 15) is 4.79 Å². The summed E-state index contributed by atoms with van der Waals surface area (Å²) in [5.74, 6) is 0. The Hall–Kier alpha value is -1.71. The molecule has 0 unspecified atom stereocenters. The van der Waals surface area contributed by atoms with Crippen molar-refractivity contribution in [3.05, 3.63) is 30.3 Å². The number of benzene rings is 1. The number of rotatable bonds is 4. The van der Waals surface area contributed by atoms with E-state index < -0.39 is 5.60 Å². The van der Waals surface area contributed by atoms with E-state index in [-0.39, 0.29) is 12.1 Å². The molecule has 4 heteroatoms. The first-order chi connectivity index (χ1) is 10.9. The minimum absolute atomic E-state index is 0.232. The van der Waals surface area contributed by atoms with Gasteiger partial charge in [-0.25, -0.2) is 4.79 Å². The second-order valence-electron chi connectivity index (χ2n) is 7.27. The highest BCUT2D eigenvalue weighted by Gasteiger charge is 2.27. The second-order valence-corrected chi connectivity index (χ2v) is 7.27. The molecular formula is C19H30N2O2. The van der Waals surface area contributed by atoms with Crippen LogP contribution in [-0.2, 0) is 4.74 Å². The van der Waals surface area contributed by atoms with Gasteiger partial charge in [0.2, 0.25) is 0 Å². The Morgan fingerprint density at radius 3 is 2.30 bits per heavy atom. The van der Waals surface area contributed by atoms with Crippen LogP contribution in [0.15, 0.2) is 30.3 Å². The highest BCUT2D eigenvalue weighted by atomic mass is 16.6. The molecule has 23 heavy (non-hydrogen) atoms. The van der Waals surface area contributed by atoms with Crippen molar-refractivity contribution in [2.24, 2.45) is 0 Å². The summed E-state index contributed by atoms with van der Waals surface area (Å²) in [7, 11) is 0. The molecule has 0 atom stereocenters. The number of ether oxygens (including phenoxy) is 1. The first-order valence-electron chi connectivity index (χ1n) is 8.70. The summed E-state index contributed by atoms with van der Waals surface area (Å²) >= 11 is 0. The van der Waals surface area contributed by atoms with E-state index in [0.29, 0.717) is 6.04 Å². The second kappa shape index (κ2) is 7.71. The molecule has 0 radical (unpaired) electrons. The van der Waals surface area contributed by atoms with E-state index in [2.05, 4.69) is 47.5 Å². The minimum atomic E-state index is -0.437. The van der Waals surface area contributed by atoms with Gasteiger partial charge in [-0.2, -0.15) is 0 Å². The summed E-state index contributed by atoms with van der Waals surface area (Å²) in [6.45, 7) is 8.89. The third-order valence-electron chi connectivity index (χ3n) is 4.29. The Bertz CT molecular complexity index is 488. The van der Waals surface area contributed by atoms with Crippen LogP contribution in [0, 0.1) is 0 Å². The number of amides is 1. The predicted octanol–water partition coefficient (Wildman–Crippen LogP) is 4.35. The van der Waals surface area contributed by atoms with Gasteiger partial charge in [-0.1, -0.05) is 18.2 Å². The van der Waals surface area contributed by atoms with Crippen LogP contribution in [0.4, 0.5) is 10.5 Å². The van der Waals surface area contributed by atoms with Gasteiger partial charge in [-0.05, 0) is 65.5 Å². The van der Waals surface area contributed by atoms with Crippen LogP contribution >= 0.6 is 0 Å². The lowest BCUT2D eigenvalue weighted by atomic mass is 9.90. The lowest BCUT2D eigenvalue weighted by molar-refractivity contribution is 0.0491. The number of alkyl carbamates (subject to hydrolysis) is 1. The number of carbonyl (C=O) groups is 1. The Labute approximate surface area is 140 Å². The van der Waals surface area contributed by atoms with Gasteiger partial charge in [0.15, 0.2) is 0 Å². The molecule has 1 aromatic carbocycles. The van der Waals surface area contributed by atoms with Gasteiger partial charge in [0.1, 0.15) is 5.60 Å². The number of carbonyl (C=O) groups excluding carboxylic acids is 1. The average molecular weight is 318 g/mol. The van der Waals surface area contributed by atoms with Crippen LogP contribution in [0.25, 0.3) is 0 Å². The van der Waals surface area contributed by atoms with Gasteiger partial charge in [0.25, 0.3) is 0 Å². The molecule has 1 saturated carbocycles. The normalized spacial score (nSPS) is 21.6. The average Bonchev–Trinajstić information content (AvgIpc) is 2.49. The van der Waals surface area contributed by atoms with Crippen LogP contribution < -0.4 is 10.2 Å². The van der Waals surface area contributed by atoms with Crippen LogP contribution in [0.3, 0.4) is 0 Å². The van der Waals surface area contributed by atoms with Crippen molar-refractivity contribution in [2.45, 2.75) is 71.1 Å². The molecule has 1 aliphatic carbocycles. The van der Waals surface area contributed by atoms with E-state index in [0.717, 1.165) is 32.2 Å². The quantitative estimate of drug-likeness (QED) is 0.897. The smallest absolute Gasteiger partial charge is 0.407 e. The fourth-order valence-corrected chi connectivity index (χ4v) is 3.28. The van der Waals surface area contributed by atoms with Gasteiger partial charge in [-0.15, -0.1) is 0 Å². The lowest BCUT2D eigenvalue weighted by Gasteiger charge is -2.38. The number of nitrogens with one attached hydrogen (secondary N) is 1. The first kappa shape index (κ1) is 17.6. The standard InChI is InChI=1S/C19H30N2O2/c1-5-21(16-9-7-6-8-10-16)17-13-11-15(12-14-17)20-18(22)23-19(2,3)4/h6-10,15,17H,5,11-14H2,1-4H3,(H,20,22). The van der Waals surface area contributed by atoms with Gasteiger partial charge < -0.3 is 15.0 Å². The van der Waals surface area contributed by atoms with Crippen LogP contribution in [0.1, 0.15) is 53.4 Å². The zero-order valence-corrected chi connectivity index (χ0v) is 14.8. The summed E-state index contributed by atoms with van der Waals surface area (Å²) in [4.78, 5) is 14.4. The predicted molar refractivity (Wildman–Crippen MR) is 94.9 cm³/mol. The number of para-hydroxylation sites is 1. The fourth-order valence-electron chi connectivity index (χ4n) is 3.28. The van der Waals surface area contributed by atoms with Gasteiger partial charge in [0, 0.05) is 24.3 Å². The number of hydrogen-bond acceptors (Lipinski definition) is 3. The molecule has 0 aromatic heterocycles. The van der Waals surface area contributed by atoms with Gasteiger partial charge >= 0.3 is 6.09 Å². The van der Waals surface area contributed by atoms with Crippen molar-refractivity contribution in [2.75, 3.05) is 11.4 Å². The molecule has 1 N–H and O–H groups in total. The molecule has 0 bridgehead atoms. The van der Waals surface area contributed by atoms with Crippen molar-refractivity contribution in [1.82, 2.24) is 5.32 Å². The van der Waals surface area contributed by atoms with E-state index in [4.69, 9.17) is 4.74 Å². The zero-order chi connectivity index (χ0) is 16.9. The van der Waals surface area contributed by atoms with E-state index in [1.807, 2.05) is 20.8 Å². The first-order valence-corrected chi connectivity index (χ1v) is 8.70. The van der Waals surface area contributed by atoms with Crippen molar-refractivity contribution in [3.8, 4) is 0 Å². The summed E-state index contributed by atoms with van der Waals surface area (Å²) in [6.07, 6.45) is 3.92. The van der Waals surface area contributed by atoms with Crippen molar-refractivity contribution >= 4 is 11.8 Å². The highest BCUT2D eigenvalue weighted by molar-refractivity contribution is 5.68.